The summed E-state index contributed by atoms with van der Waals surface area (Å²) in [6.07, 6.45) is 2.39. The fraction of sp³-hybridized carbons (Fsp3) is 0.294. The number of aromatic nitrogens is 1. The van der Waals surface area contributed by atoms with Gasteiger partial charge in [-0.15, -0.1) is 0 Å². The fourth-order valence-electron chi connectivity index (χ4n) is 2.08. The van der Waals surface area contributed by atoms with Gasteiger partial charge in [0.2, 0.25) is 5.91 Å². The summed E-state index contributed by atoms with van der Waals surface area (Å²) in [7, 11) is 0. The fourth-order valence-corrected chi connectivity index (χ4v) is 2.08. The van der Waals surface area contributed by atoms with Gasteiger partial charge in [-0.05, 0) is 30.5 Å². The molecule has 1 aromatic carbocycles. The van der Waals surface area contributed by atoms with Crippen LogP contribution in [-0.2, 0) is 11.2 Å². The summed E-state index contributed by atoms with van der Waals surface area (Å²) in [4.78, 5) is 16.6. The Bertz CT molecular complexity index is 591. The lowest BCUT2D eigenvalue weighted by atomic mass is 9.85. The SMILES string of the molecule is Cc1cccnc1NC(=O)C(C)(C)Cc1ccccc1. The van der Waals surface area contributed by atoms with Gasteiger partial charge in [-0.25, -0.2) is 4.98 Å². The van der Waals surface area contributed by atoms with Gasteiger partial charge < -0.3 is 5.32 Å². The Hall–Kier alpha value is -2.16. The minimum absolute atomic E-state index is 0.0110. The molecule has 0 radical (unpaired) electrons. The molecule has 0 saturated heterocycles. The quantitative estimate of drug-likeness (QED) is 0.920. The third-order valence-electron chi connectivity index (χ3n) is 3.34. The van der Waals surface area contributed by atoms with E-state index in [4.69, 9.17) is 0 Å². The van der Waals surface area contributed by atoms with Crippen LogP contribution >= 0.6 is 0 Å². The molecule has 104 valence electrons. The van der Waals surface area contributed by atoms with E-state index >= 15 is 0 Å². The summed E-state index contributed by atoms with van der Waals surface area (Å²) in [5.41, 5.74) is 1.65. The molecule has 0 fully saturated rings. The molecule has 20 heavy (non-hydrogen) atoms. The van der Waals surface area contributed by atoms with Gasteiger partial charge in [-0.1, -0.05) is 50.2 Å². The van der Waals surface area contributed by atoms with E-state index in [9.17, 15) is 4.79 Å². The maximum Gasteiger partial charge on any atom is 0.231 e. The van der Waals surface area contributed by atoms with Gasteiger partial charge in [-0.2, -0.15) is 0 Å². The molecule has 3 nitrogen and oxygen atoms in total. The maximum absolute atomic E-state index is 12.4. The molecule has 0 spiro atoms. The second kappa shape index (κ2) is 5.87. The standard InChI is InChI=1S/C17H20N2O/c1-13-8-7-11-18-15(13)19-16(20)17(2,3)12-14-9-5-4-6-10-14/h4-11H,12H2,1-3H3,(H,18,19,20). The predicted molar refractivity (Wildman–Crippen MR) is 81.5 cm³/mol. The van der Waals surface area contributed by atoms with Crippen LogP contribution in [0.25, 0.3) is 0 Å². The lowest BCUT2D eigenvalue weighted by Crippen LogP contribution is -2.33. The monoisotopic (exact) mass is 268 g/mol. The largest absolute Gasteiger partial charge is 0.310 e. The first-order chi connectivity index (χ1) is 9.49. The third-order valence-corrected chi connectivity index (χ3v) is 3.34. The molecular formula is C17H20N2O. The molecule has 0 aliphatic rings. The molecule has 1 N–H and O–H groups in total. The summed E-state index contributed by atoms with van der Waals surface area (Å²) in [5, 5.41) is 2.92. The number of nitrogens with one attached hydrogen (secondary N) is 1. The van der Waals surface area contributed by atoms with Crippen LogP contribution in [0.15, 0.2) is 48.7 Å². The first kappa shape index (κ1) is 14.3. The number of benzene rings is 1. The van der Waals surface area contributed by atoms with Gasteiger partial charge in [0.05, 0.1) is 0 Å². The molecule has 3 heteroatoms. The van der Waals surface area contributed by atoms with E-state index in [1.165, 1.54) is 0 Å². The van der Waals surface area contributed by atoms with Crippen molar-refractivity contribution in [2.75, 3.05) is 5.32 Å². The van der Waals surface area contributed by atoms with Crippen molar-refractivity contribution in [2.45, 2.75) is 27.2 Å². The highest BCUT2D eigenvalue weighted by Gasteiger charge is 2.28. The summed E-state index contributed by atoms with van der Waals surface area (Å²) in [5.74, 6) is 0.627. The molecule has 1 amide bonds. The van der Waals surface area contributed by atoms with E-state index in [1.807, 2.05) is 63.2 Å². The molecule has 0 atom stereocenters. The van der Waals surface area contributed by atoms with Crippen LogP contribution in [0.3, 0.4) is 0 Å². The summed E-state index contributed by atoms with van der Waals surface area (Å²) < 4.78 is 0. The Morgan fingerprint density at radius 1 is 1.15 bits per heavy atom. The topological polar surface area (TPSA) is 42.0 Å². The van der Waals surface area contributed by atoms with E-state index in [2.05, 4.69) is 10.3 Å². The average Bonchev–Trinajstić information content (AvgIpc) is 2.42. The number of carbonyl (C=O) groups is 1. The highest BCUT2D eigenvalue weighted by Crippen LogP contribution is 2.24. The second-order valence-corrected chi connectivity index (χ2v) is 5.67. The Morgan fingerprint density at radius 3 is 2.50 bits per heavy atom. The molecule has 1 heterocycles. The van der Waals surface area contributed by atoms with Crippen molar-refractivity contribution in [3.8, 4) is 0 Å². The number of hydrogen-bond donors (Lipinski definition) is 1. The molecular weight excluding hydrogens is 248 g/mol. The summed E-state index contributed by atoms with van der Waals surface area (Å²) in [6.45, 7) is 5.84. The van der Waals surface area contributed by atoms with Gasteiger partial charge in [0, 0.05) is 11.6 Å². The molecule has 1 aromatic heterocycles. The predicted octanol–water partition coefficient (Wildman–Crippen LogP) is 3.60. The van der Waals surface area contributed by atoms with Gasteiger partial charge in [0.1, 0.15) is 5.82 Å². The van der Waals surface area contributed by atoms with Gasteiger partial charge in [0.15, 0.2) is 0 Å². The summed E-state index contributed by atoms with van der Waals surface area (Å²) in [6, 6.07) is 13.8. The van der Waals surface area contributed by atoms with Crippen molar-refractivity contribution in [3.05, 3.63) is 59.8 Å². The van der Waals surface area contributed by atoms with E-state index < -0.39 is 5.41 Å². The zero-order valence-electron chi connectivity index (χ0n) is 12.2. The van der Waals surface area contributed by atoms with Crippen molar-refractivity contribution >= 4 is 11.7 Å². The number of rotatable bonds is 4. The van der Waals surface area contributed by atoms with Crippen molar-refractivity contribution in [3.63, 3.8) is 0 Å². The molecule has 0 bridgehead atoms. The molecule has 0 saturated carbocycles. The lowest BCUT2D eigenvalue weighted by Gasteiger charge is -2.23. The molecule has 2 rings (SSSR count). The molecule has 0 aliphatic carbocycles. The normalized spacial score (nSPS) is 11.2. The average molecular weight is 268 g/mol. The first-order valence-corrected chi connectivity index (χ1v) is 6.76. The van der Waals surface area contributed by atoms with Crippen LogP contribution in [0.4, 0.5) is 5.82 Å². The lowest BCUT2D eigenvalue weighted by molar-refractivity contribution is -0.123. The maximum atomic E-state index is 12.4. The van der Waals surface area contributed by atoms with Crippen molar-refractivity contribution < 1.29 is 4.79 Å². The molecule has 0 aliphatic heterocycles. The van der Waals surface area contributed by atoms with Crippen molar-refractivity contribution in [1.29, 1.82) is 0 Å². The van der Waals surface area contributed by atoms with Crippen LogP contribution in [-0.4, -0.2) is 10.9 Å². The van der Waals surface area contributed by atoms with Crippen LogP contribution in [0.2, 0.25) is 0 Å². The van der Waals surface area contributed by atoms with Crippen LogP contribution in [0.5, 0.6) is 0 Å². The van der Waals surface area contributed by atoms with Gasteiger partial charge in [0.25, 0.3) is 0 Å². The zero-order valence-corrected chi connectivity index (χ0v) is 12.2. The number of anilines is 1. The highest BCUT2D eigenvalue weighted by atomic mass is 16.2. The Kier molecular flexibility index (Phi) is 4.18. The van der Waals surface area contributed by atoms with Crippen LogP contribution in [0.1, 0.15) is 25.0 Å². The Balaban J connectivity index is 2.10. The Morgan fingerprint density at radius 2 is 1.85 bits per heavy atom. The van der Waals surface area contributed by atoms with Gasteiger partial charge >= 0.3 is 0 Å². The van der Waals surface area contributed by atoms with Crippen LogP contribution in [0, 0.1) is 12.3 Å². The zero-order chi connectivity index (χ0) is 14.6. The molecule has 2 aromatic rings. The summed E-state index contributed by atoms with van der Waals surface area (Å²) >= 11 is 0. The smallest absolute Gasteiger partial charge is 0.231 e. The number of nitrogens with zero attached hydrogens (tertiary/aromatic N) is 1. The number of amides is 1. The van der Waals surface area contributed by atoms with E-state index in [-0.39, 0.29) is 5.91 Å². The van der Waals surface area contributed by atoms with E-state index in [0.717, 1.165) is 11.1 Å². The van der Waals surface area contributed by atoms with E-state index in [0.29, 0.717) is 12.2 Å². The molecule has 0 unspecified atom stereocenters. The highest BCUT2D eigenvalue weighted by molar-refractivity contribution is 5.94. The van der Waals surface area contributed by atoms with Gasteiger partial charge in [-0.3, -0.25) is 4.79 Å². The number of aryl methyl sites for hydroxylation is 1. The number of pyridine rings is 1. The first-order valence-electron chi connectivity index (χ1n) is 6.76. The Labute approximate surface area is 120 Å². The third kappa shape index (κ3) is 3.44. The van der Waals surface area contributed by atoms with Crippen molar-refractivity contribution in [1.82, 2.24) is 4.98 Å². The number of carbonyl (C=O) groups excluding carboxylic acids is 1. The van der Waals surface area contributed by atoms with Crippen LogP contribution < -0.4 is 5.32 Å². The minimum Gasteiger partial charge on any atom is -0.310 e. The number of hydrogen-bond acceptors (Lipinski definition) is 2. The second-order valence-electron chi connectivity index (χ2n) is 5.67. The minimum atomic E-state index is -0.481. The van der Waals surface area contributed by atoms with E-state index in [1.54, 1.807) is 6.20 Å². The van der Waals surface area contributed by atoms with Crippen molar-refractivity contribution in [2.24, 2.45) is 5.41 Å².